The largest absolute Gasteiger partial charge is 0.321 e. The third-order valence-corrected chi connectivity index (χ3v) is 3.93. The first kappa shape index (κ1) is 17.9. The van der Waals surface area contributed by atoms with Gasteiger partial charge in [0, 0.05) is 18.3 Å². The molecule has 1 aromatic carbocycles. The summed E-state index contributed by atoms with van der Waals surface area (Å²) in [5.41, 5.74) is 1.85. The maximum atomic E-state index is 12.3. The highest BCUT2D eigenvalue weighted by atomic mass is 16.2. The number of likely N-dealkylation sites (N-methyl/N-ethyl adjacent to an activating group) is 1. The molecule has 1 aromatic heterocycles. The van der Waals surface area contributed by atoms with Gasteiger partial charge in [-0.2, -0.15) is 5.10 Å². The molecule has 0 aliphatic heterocycles. The fraction of sp³-hybridized carbons (Fsp3) is 0.389. The minimum Gasteiger partial charge on any atom is -0.321 e. The summed E-state index contributed by atoms with van der Waals surface area (Å²) in [6.07, 6.45) is 0. The van der Waals surface area contributed by atoms with Crippen LogP contribution < -0.4 is 10.9 Å². The van der Waals surface area contributed by atoms with Gasteiger partial charge in [-0.25, -0.2) is 4.68 Å². The van der Waals surface area contributed by atoms with Crippen LogP contribution in [0.2, 0.25) is 0 Å². The molecule has 0 radical (unpaired) electrons. The molecule has 0 saturated heterocycles. The molecule has 1 heterocycles. The zero-order chi connectivity index (χ0) is 17.5. The zero-order valence-corrected chi connectivity index (χ0v) is 14.5. The Balaban J connectivity index is 2.10. The van der Waals surface area contributed by atoms with Crippen molar-refractivity contribution in [2.75, 3.05) is 25.0 Å². The van der Waals surface area contributed by atoms with Crippen LogP contribution in [0.3, 0.4) is 0 Å². The van der Waals surface area contributed by atoms with Gasteiger partial charge >= 0.3 is 0 Å². The maximum absolute atomic E-state index is 12.3. The van der Waals surface area contributed by atoms with Crippen molar-refractivity contribution < 1.29 is 4.79 Å². The molecule has 2 rings (SSSR count). The summed E-state index contributed by atoms with van der Waals surface area (Å²) < 4.78 is 1.35. The number of nitrogens with one attached hydrogen (secondary N) is 1. The van der Waals surface area contributed by atoms with E-state index in [1.807, 2.05) is 31.2 Å². The third-order valence-electron chi connectivity index (χ3n) is 3.93. The van der Waals surface area contributed by atoms with Crippen LogP contribution in [0.15, 0.2) is 41.2 Å². The van der Waals surface area contributed by atoms with Gasteiger partial charge in [0.1, 0.15) is 5.69 Å². The summed E-state index contributed by atoms with van der Waals surface area (Å²) in [4.78, 5) is 26.4. The molecule has 0 atom stereocenters. The minimum atomic E-state index is -0.324. The highest BCUT2D eigenvalue weighted by Crippen LogP contribution is 2.09. The third kappa shape index (κ3) is 4.76. The number of anilines is 1. The topological polar surface area (TPSA) is 67.2 Å². The Kier molecular flexibility index (Phi) is 6.26. The number of rotatable bonds is 7. The van der Waals surface area contributed by atoms with E-state index < -0.39 is 0 Å². The average Bonchev–Trinajstić information content (AvgIpc) is 2.59. The standard InChI is InChI=1S/C18H24N4O2/c1-4-21(5-2)12-13-22-17(23)11-10-16(20-22)18(24)19-15-8-6-14(3)7-9-15/h6-11H,4-5,12-13H2,1-3H3,(H,19,24). The van der Waals surface area contributed by atoms with Crippen molar-refractivity contribution in [3.8, 4) is 0 Å². The second-order valence-corrected chi connectivity index (χ2v) is 5.63. The number of hydrogen-bond acceptors (Lipinski definition) is 4. The highest BCUT2D eigenvalue weighted by Gasteiger charge is 2.10. The van der Waals surface area contributed by atoms with Crippen molar-refractivity contribution in [1.82, 2.24) is 14.7 Å². The van der Waals surface area contributed by atoms with E-state index in [2.05, 4.69) is 29.2 Å². The van der Waals surface area contributed by atoms with Gasteiger partial charge in [0.05, 0.1) is 6.54 Å². The number of carbonyl (C=O) groups is 1. The lowest BCUT2D eigenvalue weighted by atomic mass is 10.2. The first-order chi connectivity index (χ1) is 11.5. The van der Waals surface area contributed by atoms with Crippen molar-refractivity contribution >= 4 is 11.6 Å². The molecule has 0 aliphatic carbocycles. The Labute approximate surface area is 142 Å². The molecule has 6 heteroatoms. The van der Waals surface area contributed by atoms with E-state index in [4.69, 9.17) is 0 Å². The quantitative estimate of drug-likeness (QED) is 0.846. The molecule has 0 bridgehead atoms. The van der Waals surface area contributed by atoms with E-state index in [1.165, 1.54) is 16.8 Å². The van der Waals surface area contributed by atoms with Crippen molar-refractivity contribution in [1.29, 1.82) is 0 Å². The number of hydrogen-bond donors (Lipinski definition) is 1. The summed E-state index contributed by atoms with van der Waals surface area (Å²) in [6, 6.07) is 10.4. The number of aromatic nitrogens is 2. The Morgan fingerprint density at radius 1 is 1.12 bits per heavy atom. The molecule has 2 aromatic rings. The number of aryl methyl sites for hydroxylation is 1. The van der Waals surface area contributed by atoms with Crippen LogP contribution in [0.25, 0.3) is 0 Å². The highest BCUT2D eigenvalue weighted by molar-refractivity contribution is 6.02. The second kappa shape index (κ2) is 8.40. The van der Waals surface area contributed by atoms with Crippen molar-refractivity contribution in [3.63, 3.8) is 0 Å². The molecule has 128 valence electrons. The first-order valence-electron chi connectivity index (χ1n) is 8.22. The van der Waals surface area contributed by atoms with Crippen LogP contribution in [0.1, 0.15) is 29.9 Å². The average molecular weight is 328 g/mol. The van der Waals surface area contributed by atoms with Crippen LogP contribution in [-0.2, 0) is 6.54 Å². The lowest BCUT2D eigenvalue weighted by molar-refractivity contribution is 0.101. The fourth-order valence-corrected chi connectivity index (χ4v) is 2.34. The van der Waals surface area contributed by atoms with Crippen LogP contribution >= 0.6 is 0 Å². The van der Waals surface area contributed by atoms with Crippen molar-refractivity contribution in [2.45, 2.75) is 27.3 Å². The van der Waals surface area contributed by atoms with Gasteiger partial charge < -0.3 is 10.2 Å². The van der Waals surface area contributed by atoms with E-state index in [0.717, 1.165) is 25.2 Å². The van der Waals surface area contributed by atoms with Gasteiger partial charge in [-0.3, -0.25) is 9.59 Å². The molecule has 6 nitrogen and oxygen atoms in total. The molecule has 24 heavy (non-hydrogen) atoms. The van der Waals surface area contributed by atoms with E-state index in [0.29, 0.717) is 12.2 Å². The molecular formula is C18H24N4O2. The van der Waals surface area contributed by atoms with Crippen molar-refractivity contribution in [2.24, 2.45) is 0 Å². The SMILES string of the molecule is CCN(CC)CCn1nc(C(=O)Nc2ccc(C)cc2)ccc1=O. The molecule has 0 saturated carbocycles. The summed E-state index contributed by atoms with van der Waals surface area (Å²) in [6.45, 7) is 9.15. The van der Waals surface area contributed by atoms with Gasteiger partial charge in [0.15, 0.2) is 0 Å². The van der Waals surface area contributed by atoms with E-state index in [1.54, 1.807) is 0 Å². The van der Waals surface area contributed by atoms with E-state index >= 15 is 0 Å². The Hall–Kier alpha value is -2.47. The first-order valence-corrected chi connectivity index (χ1v) is 8.22. The molecule has 1 N–H and O–H groups in total. The lowest BCUT2D eigenvalue weighted by Crippen LogP contribution is -2.33. The Morgan fingerprint density at radius 2 is 1.79 bits per heavy atom. The van der Waals surface area contributed by atoms with Gasteiger partial charge in [-0.05, 0) is 38.2 Å². The minimum absolute atomic E-state index is 0.200. The van der Waals surface area contributed by atoms with Gasteiger partial charge in [0.2, 0.25) is 0 Å². The van der Waals surface area contributed by atoms with Crippen LogP contribution in [-0.4, -0.2) is 40.2 Å². The number of benzene rings is 1. The monoisotopic (exact) mass is 328 g/mol. The number of carbonyl (C=O) groups excluding carboxylic acids is 1. The van der Waals surface area contributed by atoms with E-state index in [9.17, 15) is 9.59 Å². The maximum Gasteiger partial charge on any atom is 0.276 e. The smallest absolute Gasteiger partial charge is 0.276 e. The normalized spacial score (nSPS) is 10.8. The summed E-state index contributed by atoms with van der Waals surface area (Å²) in [5, 5.41) is 6.98. The predicted molar refractivity (Wildman–Crippen MR) is 95.4 cm³/mol. The van der Waals surface area contributed by atoms with E-state index in [-0.39, 0.29) is 17.2 Å². The Bertz CT molecular complexity index is 733. The predicted octanol–water partition coefficient (Wildman–Crippen LogP) is 2.15. The lowest BCUT2D eigenvalue weighted by Gasteiger charge is -2.18. The van der Waals surface area contributed by atoms with Gasteiger partial charge in [0.25, 0.3) is 11.5 Å². The van der Waals surface area contributed by atoms with Crippen LogP contribution in [0.4, 0.5) is 5.69 Å². The summed E-state index contributed by atoms with van der Waals surface area (Å²) in [5.74, 6) is -0.324. The molecule has 0 unspecified atom stereocenters. The van der Waals surface area contributed by atoms with Crippen LogP contribution in [0.5, 0.6) is 0 Å². The summed E-state index contributed by atoms with van der Waals surface area (Å²) in [7, 11) is 0. The molecular weight excluding hydrogens is 304 g/mol. The fourth-order valence-electron chi connectivity index (χ4n) is 2.34. The van der Waals surface area contributed by atoms with Gasteiger partial charge in [-0.15, -0.1) is 0 Å². The van der Waals surface area contributed by atoms with Crippen LogP contribution in [0, 0.1) is 6.92 Å². The van der Waals surface area contributed by atoms with Gasteiger partial charge in [-0.1, -0.05) is 31.5 Å². The molecule has 1 amide bonds. The zero-order valence-electron chi connectivity index (χ0n) is 14.5. The molecule has 0 aliphatic rings. The number of nitrogens with zero attached hydrogens (tertiary/aromatic N) is 3. The Morgan fingerprint density at radius 3 is 2.42 bits per heavy atom. The molecule has 0 spiro atoms. The van der Waals surface area contributed by atoms with Crippen molar-refractivity contribution in [3.05, 3.63) is 58.0 Å². The summed E-state index contributed by atoms with van der Waals surface area (Å²) >= 11 is 0. The molecule has 0 fully saturated rings. The number of amides is 1. The second-order valence-electron chi connectivity index (χ2n) is 5.63.